The number of benzene rings is 1. The fraction of sp³-hybridized carbons (Fsp3) is 0.400. The minimum atomic E-state index is 0.387. The molecule has 1 aromatic carbocycles. The highest BCUT2D eigenvalue weighted by atomic mass is 16.5. The van der Waals surface area contributed by atoms with Gasteiger partial charge in [0.15, 0.2) is 0 Å². The van der Waals surface area contributed by atoms with E-state index in [2.05, 4.69) is 16.4 Å². The summed E-state index contributed by atoms with van der Waals surface area (Å²) >= 11 is 0. The Morgan fingerprint density at radius 3 is 2.78 bits per heavy atom. The molecule has 1 saturated heterocycles. The molecule has 0 bridgehead atoms. The second-order valence-corrected chi connectivity index (χ2v) is 5.58. The number of nitrogens with zero attached hydrogens (tertiary/aromatic N) is 1. The molecule has 0 unspecified atom stereocenters. The third kappa shape index (κ3) is 1.51. The second-order valence-electron chi connectivity index (χ2n) is 5.58. The Labute approximate surface area is 106 Å². The molecule has 2 aromatic rings. The Balaban J connectivity index is 1.56. The molecular weight excluding hydrogens is 224 g/mol. The minimum absolute atomic E-state index is 0.387. The van der Waals surface area contributed by atoms with E-state index < -0.39 is 0 Å². The highest BCUT2D eigenvalue weighted by Gasteiger charge is 2.49. The first kappa shape index (κ1) is 10.3. The van der Waals surface area contributed by atoms with E-state index in [4.69, 9.17) is 4.74 Å². The van der Waals surface area contributed by atoms with Crippen LogP contribution in [0.25, 0.3) is 10.9 Å². The number of para-hydroxylation sites is 1. The number of pyridine rings is 1. The van der Waals surface area contributed by atoms with Gasteiger partial charge in [-0.3, -0.25) is 4.98 Å². The number of aromatic nitrogens is 1. The zero-order valence-corrected chi connectivity index (χ0v) is 10.2. The maximum absolute atomic E-state index is 6.13. The number of fused-ring (bicyclic) bond motifs is 1. The van der Waals surface area contributed by atoms with E-state index in [0.717, 1.165) is 16.7 Å². The van der Waals surface area contributed by atoms with E-state index in [1.807, 2.05) is 30.5 Å². The summed E-state index contributed by atoms with van der Waals surface area (Å²) in [5.74, 6) is 0.979. The molecule has 18 heavy (non-hydrogen) atoms. The van der Waals surface area contributed by atoms with E-state index in [-0.39, 0.29) is 0 Å². The predicted octanol–water partition coefficient (Wildman–Crippen LogP) is 2.37. The van der Waals surface area contributed by atoms with Crippen LogP contribution in [0, 0.1) is 5.41 Å². The van der Waals surface area contributed by atoms with Gasteiger partial charge in [-0.2, -0.15) is 0 Å². The third-order valence-corrected chi connectivity index (χ3v) is 4.22. The average molecular weight is 240 g/mol. The monoisotopic (exact) mass is 240 g/mol. The topological polar surface area (TPSA) is 34.1 Å². The molecule has 1 aliphatic heterocycles. The molecule has 0 amide bonds. The predicted molar refractivity (Wildman–Crippen MR) is 70.7 cm³/mol. The van der Waals surface area contributed by atoms with Crippen molar-refractivity contribution in [2.24, 2.45) is 5.41 Å². The van der Waals surface area contributed by atoms with E-state index in [1.165, 1.54) is 25.9 Å². The molecule has 2 aliphatic rings. The van der Waals surface area contributed by atoms with E-state index >= 15 is 0 Å². The number of hydrogen-bond donors (Lipinski definition) is 1. The van der Waals surface area contributed by atoms with Crippen molar-refractivity contribution in [3.05, 3.63) is 36.5 Å². The normalized spacial score (nSPS) is 21.6. The summed E-state index contributed by atoms with van der Waals surface area (Å²) in [6, 6.07) is 10.1. The van der Waals surface area contributed by atoms with Crippen molar-refractivity contribution >= 4 is 10.9 Å². The average Bonchev–Trinajstić information content (AvgIpc) is 2.31. The molecule has 92 valence electrons. The van der Waals surface area contributed by atoms with Gasteiger partial charge in [-0.05, 0) is 31.0 Å². The van der Waals surface area contributed by atoms with Crippen LogP contribution in [0.15, 0.2) is 36.5 Å². The van der Waals surface area contributed by atoms with Crippen molar-refractivity contribution in [2.45, 2.75) is 18.9 Å². The summed E-state index contributed by atoms with van der Waals surface area (Å²) in [4.78, 5) is 4.36. The quantitative estimate of drug-likeness (QED) is 0.875. The number of rotatable bonds is 2. The first-order valence-electron chi connectivity index (χ1n) is 6.56. The van der Waals surface area contributed by atoms with Crippen LogP contribution in [0.2, 0.25) is 0 Å². The molecule has 1 aromatic heterocycles. The standard InChI is InChI=1S/C15H16N2O/c1-2-4-13-12(3-1)14(5-6-17-13)18-11-7-15(8-11)9-16-10-15/h1-6,11,16H,7-10H2. The van der Waals surface area contributed by atoms with Crippen molar-refractivity contribution in [2.75, 3.05) is 13.1 Å². The number of nitrogens with one attached hydrogen (secondary N) is 1. The zero-order chi connectivity index (χ0) is 12.0. The van der Waals surface area contributed by atoms with Crippen LogP contribution in [-0.4, -0.2) is 24.2 Å². The molecule has 0 atom stereocenters. The fourth-order valence-electron chi connectivity index (χ4n) is 3.11. The first-order chi connectivity index (χ1) is 8.85. The maximum Gasteiger partial charge on any atom is 0.130 e. The summed E-state index contributed by atoms with van der Waals surface area (Å²) in [5.41, 5.74) is 1.57. The van der Waals surface area contributed by atoms with Gasteiger partial charge < -0.3 is 10.1 Å². The van der Waals surface area contributed by atoms with Crippen LogP contribution in [0.3, 0.4) is 0 Å². The van der Waals surface area contributed by atoms with Crippen LogP contribution in [0.1, 0.15) is 12.8 Å². The van der Waals surface area contributed by atoms with Crippen molar-refractivity contribution in [3.8, 4) is 5.75 Å². The van der Waals surface area contributed by atoms with Crippen molar-refractivity contribution in [1.82, 2.24) is 10.3 Å². The summed E-state index contributed by atoms with van der Waals surface area (Å²) in [7, 11) is 0. The molecule has 4 rings (SSSR count). The molecule has 2 fully saturated rings. The summed E-state index contributed by atoms with van der Waals surface area (Å²) in [6.07, 6.45) is 4.60. The third-order valence-electron chi connectivity index (χ3n) is 4.22. The number of hydrogen-bond acceptors (Lipinski definition) is 3. The van der Waals surface area contributed by atoms with Gasteiger partial charge in [0.05, 0.1) is 11.6 Å². The molecule has 1 aliphatic carbocycles. The lowest BCUT2D eigenvalue weighted by molar-refractivity contribution is -0.0489. The summed E-state index contributed by atoms with van der Waals surface area (Å²) in [6.45, 7) is 2.34. The molecule has 3 nitrogen and oxygen atoms in total. The van der Waals surface area contributed by atoms with Gasteiger partial charge in [0, 0.05) is 30.1 Å². The first-order valence-corrected chi connectivity index (χ1v) is 6.56. The van der Waals surface area contributed by atoms with Crippen LogP contribution < -0.4 is 10.1 Å². The lowest BCUT2D eigenvalue weighted by Crippen LogP contribution is -2.62. The molecule has 1 saturated carbocycles. The summed E-state index contributed by atoms with van der Waals surface area (Å²) in [5, 5.41) is 4.47. The van der Waals surface area contributed by atoms with Crippen molar-refractivity contribution < 1.29 is 4.74 Å². The van der Waals surface area contributed by atoms with Gasteiger partial charge in [-0.25, -0.2) is 0 Å². The van der Waals surface area contributed by atoms with Gasteiger partial charge >= 0.3 is 0 Å². The molecule has 1 N–H and O–H groups in total. The highest BCUT2D eigenvalue weighted by molar-refractivity contribution is 5.84. The van der Waals surface area contributed by atoms with E-state index in [9.17, 15) is 0 Å². The second kappa shape index (κ2) is 3.69. The van der Waals surface area contributed by atoms with Crippen molar-refractivity contribution in [3.63, 3.8) is 0 Å². The largest absolute Gasteiger partial charge is 0.490 e. The lowest BCUT2D eigenvalue weighted by Gasteiger charge is -2.53. The molecular formula is C15H16N2O. The number of ether oxygens (including phenoxy) is 1. The Morgan fingerprint density at radius 2 is 2.00 bits per heavy atom. The van der Waals surface area contributed by atoms with E-state index in [1.54, 1.807) is 0 Å². The lowest BCUT2D eigenvalue weighted by atomic mass is 9.63. The molecule has 1 spiro atoms. The Hall–Kier alpha value is -1.61. The fourth-order valence-corrected chi connectivity index (χ4v) is 3.11. The van der Waals surface area contributed by atoms with Gasteiger partial charge in [-0.1, -0.05) is 12.1 Å². The smallest absolute Gasteiger partial charge is 0.130 e. The van der Waals surface area contributed by atoms with Crippen LogP contribution in [-0.2, 0) is 0 Å². The van der Waals surface area contributed by atoms with Crippen LogP contribution in [0.5, 0.6) is 5.75 Å². The Bertz CT molecular complexity index is 579. The Morgan fingerprint density at radius 1 is 1.17 bits per heavy atom. The minimum Gasteiger partial charge on any atom is -0.490 e. The molecule has 0 radical (unpaired) electrons. The Kier molecular flexibility index (Phi) is 2.12. The summed E-state index contributed by atoms with van der Waals surface area (Å²) < 4.78 is 6.13. The van der Waals surface area contributed by atoms with Crippen molar-refractivity contribution in [1.29, 1.82) is 0 Å². The van der Waals surface area contributed by atoms with Gasteiger partial charge in [0.1, 0.15) is 5.75 Å². The highest BCUT2D eigenvalue weighted by Crippen LogP contribution is 2.46. The van der Waals surface area contributed by atoms with Crippen LogP contribution >= 0.6 is 0 Å². The molecule has 2 heterocycles. The zero-order valence-electron chi connectivity index (χ0n) is 10.2. The van der Waals surface area contributed by atoms with Gasteiger partial charge in [-0.15, -0.1) is 0 Å². The maximum atomic E-state index is 6.13. The molecule has 3 heteroatoms. The van der Waals surface area contributed by atoms with Crippen LogP contribution in [0.4, 0.5) is 0 Å². The van der Waals surface area contributed by atoms with E-state index in [0.29, 0.717) is 11.5 Å². The SMILES string of the molecule is c1ccc2c(OC3CC4(CNC4)C3)ccnc2c1. The van der Waals surface area contributed by atoms with Gasteiger partial charge in [0.2, 0.25) is 0 Å². The van der Waals surface area contributed by atoms with Gasteiger partial charge in [0.25, 0.3) is 0 Å².